The Morgan fingerprint density at radius 3 is 2.83 bits per heavy atom. The van der Waals surface area contributed by atoms with Crippen molar-refractivity contribution in [2.24, 2.45) is 0 Å². The first-order valence-corrected chi connectivity index (χ1v) is 6.22. The molecule has 18 heavy (non-hydrogen) atoms. The molecule has 1 aromatic carbocycles. The molecule has 1 amide bonds. The van der Waals surface area contributed by atoms with Gasteiger partial charge in [0.15, 0.2) is 0 Å². The van der Waals surface area contributed by atoms with E-state index in [2.05, 4.69) is 5.32 Å². The highest BCUT2D eigenvalue weighted by Crippen LogP contribution is 2.28. The van der Waals surface area contributed by atoms with Gasteiger partial charge in [0, 0.05) is 11.6 Å². The molecule has 1 aromatic rings. The number of aliphatic hydroxyl groups excluding tert-OH is 1. The van der Waals surface area contributed by atoms with Crippen molar-refractivity contribution in [2.45, 2.75) is 32.9 Å². The van der Waals surface area contributed by atoms with Gasteiger partial charge in [-0.25, -0.2) is 0 Å². The van der Waals surface area contributed by atoms with Crippen LogP contribution in [-0.4, -0.2) is 23.7 Å². The number of hydrogen-bond acceptors (Lipinski definition) is 3. The number of aliphatic hydroxyl groups is 1. The fourth-order valence-electron chi connectivity index (χ4n) is 1.48. The maximum atomic E-state index is 11.4. The molecule has 0 aliphatic carbocycles. The van der Waals surface area contributed by atoms with Gasteiger partial charge >= 0.3 is 0 Å². The molecule has 0 spiro atoms. The zero-order chi connectivity index (χ0) is 13.5. The van der Waals surface area contributed by atoms with Crippen molar-refractivity contribution in [2.75, 3.05) is 6.61 Å². The third kappa shape index (κ3) is 4.55. The number of carbonyl (C=O) groups excluding carboxylic acids is 1. The van der Waals surface area contributed by atoms with Crippen LogP contribution in [0.1, 0.15) is 25.8 Å². The Morgan fingerprint density at radius 1 is 1.50 bits per heavy atom. The van der Waals surface area contributed by atoms with Gasteiger partial charge in [-0.2, -0.15) is 0 Å². The highest BCUT2D eigenvalue weighted by atomic mass is 35.5. The van der Waals surface area contributed by atoms with Gasteiger partial charge in [-0.15, -0.1) is 0 Å². The standard InChI is InChI=1S/C13H18ClNO3/c1-9(2)15-12(17)6-7-18-13-10(8-16)4-3-5-11(13)14/h3-5,9,16H,6-8H2,1-2H3,(H,15,17). The number of para-hydroxylation sites is 1. The molecule has 1 rings (SSSR count). The molecule has 4 nitrogen and oxygen atoms in total. The number of benzene rings is 1. The van der Waals surface area contributed by atoms with Crippen molar-refractivity contribution in [1.29, 1.82) is 0 Å². The smallest absolute Gasteiger partial charge is 0.223 e. The Hall–Kier alpha value is -1.26. The Balaban J connectivity index is 2.51. The van der Waals surface area contributed by atoms with Crippen LogP contribution in [-0.2, 0) is 11.4 Å². The molecular formula is C13H18ClNO3. The zero-order valence-electron chi connectivity index (χ0n) is 10.6. The molecule has 0 heterocycles. The summed E-state index contributed by atoms with van der Waals surface area (Å²) in [6, 6.07) is 5.28. The summed E-state index contributed by atoms with van der Waals surface area (Å²) in [5.74, 6) is 0.376. The lowest BCUT2D eigenvalue weighted by molar-refractivity contribution is -0.122. The van der Waals surface area contributed by atoms with E-state index >= 15 is 0 Å². The lowest BCUT2D eigenvalue weighted by Crippen LogP contribution is -2.31. The summed E-state index contributed by atoms with van der Waals surface area (Å²) in [6.45, 7) is 3.89. The maximum Gasteiger partial charge on any atom is 0.223 e. The molecule has 100 valence electrons. The zero-order valence-corrected chi connectivity index (χ0v) is 11.3. The lowest BCUT2D eigenvalue weighted by atomic mass is 10.2. The van der Waals surface area contributed by atoms with Crippen LogP contribution >= 0.6 is 11.6 Å². The van der Waals surface area contributed by atoms with Crippen molar-refractivity contribution in [3.05, 3.63) is 28.8 Å². The van der Waals surface area contributed by atoms with Crippen LogP contribution in [0.3, 0.4) is 0 Å². The van der Waals surface area contributed by atoms with Crippen LogP contribution < -0.4 is 10.1 Å². The topological polar surface area (TPSA) is 58.6 Å². The molecule has 0 fully saturated rings. The Labute approximate surface area is 112 Å². The van der Waals surface area contributed by atoms with E-state index in [4.69, 9.17) is 21.4 Å². The Kier molecular flexibility index (Phi) is 5.95. The van der Waals surface area contributed by atoms with Crippen molar-refractivity contribution in [3.63, 3.8) is 0 Å². The van der Waals surface area contributed by atoms with E-state index in [-0.39, 0.29) is 31.6 Å². The molecule has 0 radical (unpaired) electrons. The molecule has 5 heteroatoms. The fourth-order valence-corrected chi connectivity index (χ4v) is 1.73. The minimum absolute atomic E-state index is 0.0670. The normalized spacial score (nSPS) is 10.5. The monoisotopic (exact) mass is 271 g/mol. The van der Waals surface area contributed by atoms with Crippen molar-refractivity contribution in [3.8, 4) is 5.75 Å². The van der Waals surface area contributed by atoms with Gasteiger partial charge in [0.25, 0.3) is 0 Å². The second-order valence-electron chi connectivity index (χ2n) is 4.21. The maximum absolute atomic E-state index is 11.4. The average molecular weight is 272 g/mol. The van der Waals surface area contributed by atoms with E-state index < -0.39 is 0 Å². The lowest BCUT2D eigenvalue weighted by Gasteiger charge is -2.12. The van der Waals surface area contributed by atoms with E-state index in [1.54, 1.807) is 18.2 Å². The predicted octanol–water partition coefficient (Wildman–Crippen LogP) is 2.13. The number of ether oxygens (including phenoxy) is 1. The Bertz CT molecular complexity index is 407. The summed E-state index contributed by atoms with van der Waals surface area (Å²) in [5.41, 5.74) is 0.617. The molecule has 0 aliphatic rings. The second kappa shape index (κ2) is 7.24. The highest BCUT2D eigenvalue weighted by molar-refractivity contribution is 6.32. The average Bonchev–Trinajstić information content (AvgIpc) is 2.30. The molecule has 2 N–H and O–H groups in total. The Morgan fingerprint density at radius 2 is 2.22 bits per heavy atom. The summed E-state index contributed by atoms with van der Waals surface area (Å²) in [5, 5.41) is 12.4. The van der Waals surface area contributed by atoms with E-state index in [9.17, 15) is 4.79 Å². The van der Waals surface area contributed by atoms with Crippen molar-refractivity contribution in [1.82, 2.24) is 5.32 Å². The summed E-state index contributed by atoms with van der Waals surface area (Å²) >= 11 is 5.97. The number of hydrogen-bond donors (Lipinski definition) is 2. The van der Waals surface area contributed by atoms with Crippen LogP contribution in [0.15, 0.2) is 18.2 Å². The van der Waals surface area contributed by atoms with Gasteiger partial charge < -0.3 is 15.2 Å². The van der Waals surface area contributed by atoms with Crippen LogP contribution in [0.4, 0.5) is 0 Å². The minimum atomic E-state index is -0.145. The molecule has 0 saturated carbocycles. The molecule has 0 saturated heterocycles. The van der Waals surface area contributed by atoms with E-state index in [0.717, 1.165) is 0 Å². The number of halogens is 1. The van der Waals surface area contributed by atoms with Crippen molar-refractivity contribution >= 4 is 17.5 Å². The van der Waals surface area contributed by atoms with Gasteiger partial charge in [0.1, 0.15) is 5.75 Å². The quantitative estimate of drug-likeness (QED) is 0.833. The molecule has 0 aromatic heterocycles. The molecule has 0 unspecified atom stereocenters. The highest BCUT2D eigenvalue weighted by Gasteiger charge is 2.09. The third-order valence-corrected chi connectivity index (χ3v) is 2.54. The number of nitrogens with one attached hydrogen (secondary N) is 1. The van der Waals surface area contributed by atoms with Gasteiger partial charge in [0.05, 0.1) is 24.7 Å². The first-order chi connectivity index (χ1) is 8.54. The summed E-state index contributed by atoms with van der Waals surface area (Å²) in [4.78, 5) is 11.4. The molecule has 0 aliphatic heterocycles. The second-order valence-corrected chi connectivity index (χ2v) is 4.61. The SMILES string of the molecule is CC(C)NC(=O)CCOc1c(Cl)cccc1CO. The summed E-state index contributed by atoms with van der Waals surface area (Å²) in [7, 11) is 0. The van der Waals surface area contributed by atoms with Gasteiger partial charge in [-0.05, 0) is 19.9 Å². The van der Waals surface area contributed by atoms with Crippen molar-refractivity contribution < 1.29 is 14.6 Å². The summed E-state index contributed by atoms with van der Waals surface area (Å²) in [6.07, 6.45) is 0.258. The van der Waals surface area contributed by atoms with E-state index in [1.807, 2.05) is 13.8 Å². The van der Waals surface area contributed by atoms with Crippen LogP contribution in [0, 0.1) is 0 Å². The number of amides is 1. The molecule has 0 bridgehead atoms. The molecule has 0 atom stereocenters. The van der Waals surface area contributed by atoms with E-state index in [0.29, 0.717) is 16.3 Å². The summed E-state index contributed by atoms with van der Waals surface area (Å²) < 4.78 is 5.46. The minimum Gasteiger partial charge on any atom is -0.491 e. The van der Waals surface area contributed by atoms with Crippen LogP contribution in [0.25, 0.3) is 0 Å². The van der Waals surface area contributed by atoms with Gasteiger partial charge in [0.2, 0.25) is 5.91 Å². The molecular weight excluding hydrogens is 254 g/mol. The van der Waals surface area contributed by atoms with Gasteiger partial charge in [-0.3, -0.25) is 4.79 Å². The first-order valence-electron chi connectivity index (χ1n) is 5.85. The number of rotatable bonds is 6. The number of carbonyl (C=O) groups is 1. The van der Waals surface area contributed by atoms with Crippen LogP contribution in [0.5, 0.6) is 5.75 Å². The van der Waals surface area contributed by atoms with Crippen LogP contribution in [0.2, 0.25) is 5.02 Å². The largest absolute Gasteiger partial charge is 0.491 e. The fraction of sp³-hybridized carbons (Fsp3) is 0.462. The third-order valence-electron chi connectivity index (χ3n) is 2.24. The van der Waals surface area contributed by atoms with Gasteiger partial charge in [-0.1, -0.05) is 23.7 Å². The first kappa shape index (κ1) is 14.8. The predicted molar refractivity (Wildman–Crippen MR) is 70.8 cm³/mol. The van der Waals surface area contributed by atoms with E-state index in [1.165, 1.54) is 0 Å².